The third-order valence-electron chi connectivity index (χ3n) is 28.1. The summed E-state index contributed by atoms with van der Waals surface area (Å²) in [6, 6.07) is 9.68. The van der Waals surface area contributed by atoms with Gasteiger partial charge in [0.2, 0.25) is 17.7 Å². The summed E-state index contributed by atoms with van der Waals surface area (Å²) < 4.78 is 156. The number of anilines is 3. The summed E-state index contributed by atoms with van der Waals surface area (Å²) in [4.78, 5) is 113. The molecule has 15 heterocycles. The van der Waals surface area contributed by atoms with E-state index in [4.69, 9.17) is 14.2 Å². The molecule has 12 aliphatic heterocycles. The van der Waals surface area contributed by atoms with Gasteiger partial charge in [0, 0.05) is 253 Å². The highest BCUT2D eigenvalue weighted by molar-refractivity contribution is 8.00. The van der Waals surface area contributed by atoms with Crippen molar-refractivity contribution in [3.63, 3.8) is 0 Å². The van der Waals surface area contributed by atoms with Gasteiger partial charge in [-0.2, -0.15) is 15.0 Å². The van der Waals surface area contributed by atoms with Crippen molar-refractivity contribution in [2.75, 3.05) is 124 Å². The topological polar surface area (TPSA) is 213 Å². The van der Waals surface area contributed by atoms with Gasteiger partial charge in [0.25, 0.3) is 0 Å². The molecule has 9 aromatic rings. The second-order valence-electron chi connectivity index (χ2n) is 36.2. The molecule has 36 heteroatoms. The maximum atomic E-state index is 15.4. The van der Waals surface area contributed by atoms with Crippen LogP contribution in [-0.4, -0.2) is 264 Å². The van der Waals surface area contributed by atoms with E-state index in [9.17, 15) is 41.9 Å². The number of carbonyl (C=O) groups excluding carboxylic acids is 3. The second-order valence-corrected chi connectivity index (χ2v) is 39.3. The zero-order valence-electron chi connectivity index (χ0n) is 72.8. The van der Waals surface area contributed by atoms with Gasteiger partial charge in [-0.15, -0.1) is 35.3 Å². The summed E-state index contributed by atoms with van der Waals surface area (Å²) in [5, 5.41) is 2.11. The Bertz CT molecular complexity index is 6340. The molecule has 0 N–H and O–H groups in total. The number of thioether (sulfide) groups is 3. The molecule has 0 spiro atoms. The van der Waals surface area contributed by atoms with E-state index in [0.29, 0.717) is 244 Å². The zero-order valence-corrected chi connectivity index (χ0v) is 75.3. The van der Waals surface area contributed by atoms with E-state index in [1.165, 1.54) is 53.5 Å². The minimum Gasteiger partial charge on any atom is -0.375 e. The molecule has 21 rings (SSSR count). The number of fused-ring (bicyclic) bond motifs is 6. The van der Waals surface area contributed by atoms with E-state index in [1.807, 2.05) is 60.6 Å². The highest BCUT2D eigenvalue weighted by Crippen LogP contribution is 2.52. The van der Waals surface area contributed by atoms with Crippen LogP contribution < -0.4 is 31.8 Å². The van der Waals surface area contributed by atoms with Crippen molar-refractivity contribution in [3.8, 4) is 33.4 Å². The van der Waals surface area contributed by atoms with Gasteiger partial charge in [-0.25, -0.2) is 53.9 Å². The first-order valence-corrected chi connectivity index (χ1v) is 47.0. The fourth-order valence-electron chi connectivity index (χ4n) is 22.2. The minimum atomic E-state index is -0.995. The Labute approximate surface area is 756 Å². The number of carbonyl (C=O) groups is 3. The summed E-state index contributed by atoms with van der Waals surface area (Å²) >= 11 is 4.42. The van der Waals surface area contributed by atoms with E-state index in [0.717, 1.165) is 38.9 Å². The molecule has 0 radical (unpaired) electrons. The summed E-state index contributed by atoms with van der Waals surface area (Å²) in [7, 11) is 0. The lowest BCUT2D eigenvalue weighted by molar-refractivity contribution is -0.131. The summed E-state index contributed by atoms with van der Waals surface area (Å²) in [5.41, 5.74) is 2.19. The molecule has 3 unspecified atom stereocenters. The summed E-state index contributed by atoms with van der Waals surface area (Å²) in [6.45, 7) is 32.9. The largest absolute Gasteiger partial charge is 0.375 e. The standard InChI is InChI=1S/2C32H34F3N5O3S.C30H30F3N5O3S/c1-5-26(41)37-10-18(4)38(11-17(37)3)31-23-6-16(2)27(28-24(34)7-19(33)8-25(28)35)30-29(23)40(32(42)36-31)12-21(15-44-30)39-13-22-9-20(39)14-43-22;1-5-26(41)40-17(3)10-37(11-18(40)4)31-23-6-16(2)27(28-24(34)7-19(33)8-25(28)35)30-29(23)39(32(42)36-31)12-21(15-44-30)38-13-22-9-20(38)14-43-22;1-3-24(39)35-4-6-36(7-5-35)29-21-8-16(2)25(26-22(32)9-17(31)10-23(26)33)28-27(21)38(30(40)34-29)12-19(15-42-28)37-13-20-11-18(37)14-41-20/h2*5-8,17-18,20-22H,1,9-15H2,2-4H3;3,8-10,18-20H,1,4-7,11-15H2,2H3/t17-,18+,20+,21?,22+;17-,18+,20-,21?,22-;18-,19?,20-/m100/s1. The average molecular weight is 1850 g/mol. The van der Waals surface area contributed by atoms with Crippen molar-refractivity contribution in [1.29, 1.82) is 0 Å². The predicted molar refractivity (Wildman–Crippen MR) is 482 cm³/mol. The highest BCUT2D eigenvalue weighted by Gasteiger charge is 2.49. The molecule has 3 aromatic heterocycles. The normalized spacial score (nSPS) is 25.9. The third kappa shape index (κ3) is 15.8. The molecule has 13 atom stereocenters. The fraction of sp³-hybridized carbons (Fsp3) is 0.457. The average Bonchev–Trinajstić information content (AvgIpc) is 1.56. The van der Waals surface area contributed by atoms with Gasteiger partial charge in [0.05, 0.1) is 71.4 Å². The van der Waals surface area contributed by atoms with Gasteiger partial charge in [0.15, 0.2) is 0 Å². The van der Waals surface area contributed by atoms with E-state index < -0.39 is 69.4 Å². The zero-order chi connectivity index (χ0) is 91.3. The van der Waals surface area contributed by atoms with Gasteiger partial charge in [-0.3, -0.25) is 42.8 Å². The molecule has 0 aliphatic carbocycles. The number of amides is 3. The maximum absolute atomic E-state index is 15.4. The quantitative estimate of drug-likeness (QED) is 0.0821. The lowest BCUT2D eigenvalue weighted by atomic mass is 9.96. The number of nitrogens with zero attached hydrogens (tertiary/aromatic N) is 15. The number of rotatable bonds is 12. The molecule has 3 amide bonds. The van der Waals surface area contributed by atoms with E-state index in [1.54, 1.807) is 49.2 Å². The molecular weight excluding hydrogens is 1750 g/mol. The maximum Gasteiger partial charge on any atom is 0.350 e. The Morgan fingerprint density at radius 1 is 0.385 bits per heavy atom. The first-order chi connectivity index (χ1) is 62.3. The van der Waals surface area contributed by atoms with Crippen LogP contribution in [-0.2, 0) is 48.2 Å². The molecule has 6 aromatic carbocycles. The van der Waals surface area contributed by atoms with Gasteiger partial charge in [-0.1, -0.05) is 19.7 Å². The number of likely N-dealkylation sites (tertiary alicyclic amines) is 3. The molecule has 9 saturated heterocycles. The smallest absolute Gasteiger partial charge is 0.350 e. The first-order valence-electron chi connectivity index (χ1n) is 44.1. The molecule has 6 bridgehead atoms. The molecule has 130 heavy (non-hydrogen) atoms. The van der Waals surface area contributed by atoms with Gasteiger partial charge >= 0.3 is 17.1 Å². The number of piperazine rings is 3. The van der Waals surface area contributed by atoms with Gasteiger partial charge < -0.3 is 43.6 Å². The molecule has 9 fully saturated rings. The monoisotopic (exact) mass is 1850 g/mol. The van der Waals surface area contributed by atoms with Crippen molar-refractivity contribution < 1.29 is 68.1 Å². The van der Waals surface area contributed by atoms with Gasteiger partial charge in [-0.05, 0) is 121 Å². The van der Waals surface area contributed by atoms with Crippen LogP contribution in [0.15, 0.2) is 122 Å². The van der Waals surface area contributed by atoms with Crippen molar-refractivity contribution in [1.82, 2.24) is 58.1 Å². The van der Waals surface area contributed by atoms with E-state index in [-0.39, 0.29) is 113 Å². The van der Waals surface area contributed by atoms with Gasteiger partial charge in [0.1, 0.15) is 69.8 Å². The van der Waals surface area contributed by atoms with Crippen molar-refractivity contribution in [2.24, 2.45) is 0 Å². The Balaban J connectivity index is 0.000000126. The first kappa shape index (κ1) is 89.2. The fourth-order valence-corrected chi connectivity index (χ4v) is 26.4. The van der Waals surface area contributed by atoms with Crippen molar-refractivity contribution in [3.05, 3.63) is 193 Å². The van der Waals surface area contributed by atoms with Crippen molar-refractivity contribution >= 4 is 103 Å². The van der Waals surface area contributed by atoms with Crippen LogP contribution in [0.5, 0.6) is 0 Å². The molecule has 12 aliphatic rings. The number of hydrogen-bond acceptors (Lipinski definition) is 21. The number of benzene rings is 6. The lowest BCUT2D eigenvalue weighted by Gasteiger charge is -2.44. The van der Waals surface area contributed by atoms with Crippen LogP contribution in [0.3, 0.4) is 0 Å². The Hall–Kier alpha value is -10.1. The molecular formula is C94H98F9N15O9S3. The molecule has 684 valence electrons. The SMILES string of the molecule is C=CC(=O)N1CCN(c2nc(=O)n3c4c(c(-c5c(F)cc(F)cc5F)c(C)cc24)SCC(N2C[C@@H]4C[C@H]2CO4)C3)CC1.C=CC(=O)N1C[C@H](C)N(c2nc(=O)n3c4c(c(-c5c(F)cc(F)cc5F)c(C)cc24)SCC(N2C[C@@H]4C[C@H]2CO4)C3)C[C@H]1C.C=CC(=O)N1[C@H](C)CN(c2nc(=O)n3c4c(c(-c5c(F)cc(F)cc5F)c(C)cc24)SCC(N2C[C@@H]4C[C@H]2CO4)C3)C[C@@H]1C. The Morgan fingerprint density at radius 3 is 1.05 bits per heavy atom. The van der Waals surface area contributed by atoms with Crippen LogP contribution in [0.25, 0.3) is 66.1 Å². The van der Waals surface area contributed by atoms with E-state index in [2.05, 4.69) is 49.4 Å². The number of hydrogen-bond donors (Lipinski definition) is 0. The van der Waals surface area contributed by atoms with E-state index >= 15 is 26.3 Å². The molecule has 0 saturated carbocycles. The number of ether oxygens (including phenoxy) is 3. The Morgan fingerprint density at radius 2 is 0.723 bits per heavy atom. The highest BCUT2D eigenvalue weighted by atomic mass is 32.2. The number of morpholine rings is 3. The van der Waals surface area contributed by atoms with Crippen LogP contribution in [0.1, 0.15) is 63.6 Å². The summed E-state index contributed by atoms with van der Waals surface area (Å²) in [6.07, 6.45) is 7.26. The number of aryl methyl sites for hydroxylation is 3. The second kappa shape index (κ2) is 35.2. The number of halogens is 9. The lowest BCUT2D eigenvalue weighted by Crippen LogP contribution is -2.58. The minimum absolute atomic E-state index is 0.0145. The molecule has 24 nitrogen and oxygen atoms in total. The van der Waals surface area contributed by atoms with Crippen LogP contribution in [0.2, 0.25) is 0 Å². The summed E-state index contributed by atoms with van der Waals surface area (Å²) in [5.74, 6) is -6.18. The van der Waals surface area contributed by atoms with Crippen LogP contribution in [0, 0.1) is 73.1 Å². The predicted octanol–water partition coefficient (Wildman–Crippen LogP) is 12.3. The Kier molecular flexibility index (Phi) is 24.1. The third-order valence-corrected chi connectivity index (χ3v) is 31.8. The number of aromatic nitrogens is 6. The van der Waals surface area contributed by atoms with Crippen LogP contribution in [0.4, 0.5) is 57.0 Å². The van der Waals surface area contributed by atoms with Crippen LogP contribution >= 0.6 is 35.3 Å². The van der Waals surface area contributed by atoms with Crippen molar-refractivity contribution in [2.45, 2.75) is 181 Å².